The standard InChI is InChI=1S/C19H19ClN4O2S/c1-10-7-8-12-15(9-10)27-18-16(12)19(26)24(23-22-18)11(2)17(25)21-14-6-4-3-5-13(14)20/h3-6,10-11H,7-9H2,1-2H3,(H,21,25). The average molecular weight is 403 g/mol. The Hall–Kier alpha value is -2.25. The van der Waals surface area contributed by atoms with E-state index in [-0.39, 0.29) is 11.5 Å². The molecule has 2 heterocycles. The Morgan fingerprint density at radius 2 is 2.19 bits per heavy atom. The smallest absolute Gasteiger partial charge is 0.279 e. The number of benzene rings is 1. The summed E-state index contributed by atoms with van der Waals surface area (Å²) in [7, 11) is 0. The molecular weight excluding hydrogens is 384 g/mol. The number of hydrogen-bond donors (Lipinski definition) is 1. The van der Waals surface area contributed by atoms with Crippen molar-refractivity contribution >= 4 is 44.7 Å². The number of aryl methyl sites for hydroxylation is 1. The molecule has 2 aromatic heterocycles. The first-order valence-corrected chi connectivity index (χ1v) is 10.1. The average Bonchev–Trinajstić information content (AvgIpc) is 3.01. The van der Waals surface area contributed by atoms with Crippen molar-refractivity contribution in [3.05, 3.63) is 50.1 Å². The van der Waals surface area contributed by atoms with E-state index in [4.69, 9.17) is 11.6 Å². The quantitative estimate of drug-likeness (QED) is 0.722. The molecule has 1 aliphatic carbocycles. The highest BCUT2D eigenvalue weighted by molar-refractivity contribution is 7.18. The number of para-hydroxylation sites is 1. The molecule has 1 amide bonds. The van der Waals surface area contributed by atoms with Gasteiger partial charge in [0, 0.05) is 4.88 Å². The summed E-state index contributed by atoms with van der Waals surface area (Å²) >= 11 is 7.64. The van der Waals surface area contributed by atoms with E-state index in [2.05, 4.69) is 22.6 Å². The summed E-state index contributed by atoms with van der Waals surface area (Å²) < 4.78 is 1.17. The van der Waals surface area contributed by atoms with Gasteiger partial charge in [0.2, 0.25) is 5.91 Å². The van der Waals surface area contributed by atoms with Crippen molar-refractivity contribution < 1.29 is 4.79 Å². The van der Waals surface area contributed by atoms with Crippen LogP contribution >= 0.6 is 22.9 Å². The highest BCUT2D eigenvalue weighted by atomic mass is 35.5. The van der Waals surface area contributed by atoms with Gasteiger partial charge in [-0.05, 0) is 49.8 Å². The van der Waals surface area contributed by atoms with Gasteiger partial charge in [0.1, 0.15) is 6.04 Å². The first-order valence-electron chi connectivity index (χ1n) is 8.91. The van der Waals surface area contributed by atoms with Gasteiger partial charge < -0.3 is 5.32 Å². The van der Waals surface area contributed by atoms with E-state index in [1.54, 1.807) is 42.5 Å². The zero-order valence-corrected chi connectivity index (χ0v) is 16.6. The Kier molecular flexibility index (Phi) is 4.74. The van der Waals surface area contributed by atoms with Crippen LogP contribution in [0.15, 0.2) is 29.1 Å². The van der Waals surface area contributed by atoms with Crippen molar-refractivity contribution in [3.8, 4) is 0 Å². The molecule has 0 bridgehead atoms. The van der Waals surface area contributed by atoms with E-state index in [1.807, 2.05) is 0 Å². The first-order chi connectivity index (χ1) is 13.0. The zero-order chi connectivity index (χ0) is 19.1. The van der Waals surface area contributed by atoms with Crippen molar-refractivity contribution in [3.63, 3.8) is 0 Å². The number of nitrogens with zero attached hydrogens (tertiary/aromatic N) is 3. The third kappa shape index (κ3) is 3.26. The third-order valence-electron chi connectivity index (χ3n) is 5.02. The molecule has 0 aliphatic heterocycles. The molecule has 140 valence electrons. The summed E-state index contributed by atoms with van der Waals surface area (Å²) in [5.41, 5.74) is 1.33. The van der Waals surface area contributed by atoms with Crippen LogP contribution < -0.4 is 10.9 Å². The second-order valence-electron chi connectivity index (χ2n) is 7.02. The molecule has 2 unspecified atom stereocenters. The fourth-order valence-electron chi connectivity index (χ4n) is 3.44. The topological polar surface area (TPSA) is 76.9 Å². The van der Waals surface area contributed by atoms with E-state index >= 15 is 0 Å². The molecule has 0 radical (unpaired) electrons. The van der Waals surface area contributed by atoms with Crippen LogP contribution in [0.2, 0.25) is 5.02 Å². The lowest BCUT2D eigenvalue weighted by molar-refractivity contribution is -0.119. The molecule has 1 aliphatic rings. The number of amides is 1. The second-order valence-corrected chi connectivity index (χ2v) is 8.51. The molecule has 1 aromatic carbocycles. The van der Waals surface area contributed by atoms with Crippen LogP contribution in [0.5, 0.6) is 0 Å². The normalized spacial score (nSPS) is 17.5. The zero-order valence-electron chi connectivity index (χ0n) is 15.0. The van der Waals surface area contributed by atoms with Gasteiger partial charge in [-0.1, -0.05) is 35.9 Å². The van der Waals surface area contributed by atoms with Gasteiger partial charge in [0.25, 0.3) is 5.56 Å². The number of anilines is 1. The number of halogens is 1. The number of carbonyl (C=O) groups is 1. The molecule has 3 aromatic rings. The lowest BCUT2D eigenvalue weighted by atomic mass is 9.89. The van der Waals surface area contributed by atoms with Crippen molar-refractivity contribution in [1.82, 2.24) is 15.0 Å². The van der Waals surface area contributed by atoms with E-state index in [1.165, 1.54) is 9.56 Å². The number of rotatable bonds is 3. The number of fused-ring (bicyclic) bond motifs is 3. The molecule has 2 atom stereocenters. The second kappa shape index (κ2) is 7.05. The van der Waals surface area contributed by atoms with Crippen LogP contribution in [-0.2, 0) is 17.6 Å². The molecule has 0 saturated carbocycles. The van der Waals surface area contributed by atoms with Gasteiger partial charge in [0.15, 0.2) is 4.83 Å². The molecular formula is C19H19ClN4O2S. The monoisotopic (exact) mass is 402 g/mol. The predicted octanol–water partition coefficient (Wildman–Crippen LogP) is 3.83. The minimum atomic E-state index is -0.802. The Bertz CT molecular complexity index is 1090. The minimum Gasteiger partial charge on any atom is -0.323 e. The van der Waals surface area contributed by atoms with Gasteiger partial charge in [-0.25, -0.2) is 0 Å². The molecule has 8 heteroatoms. The summed E-state index contributed by atoms with van der Waals surface area (Å²) in [6.07, 6.45) is 2.90. The first kappa shape index (κ1) is 18.1. The molecule has 0 fully saturated rings. The van der Waals surface area contributed by atoms with Crippen LogP contribution in [0, 0.1) is 5.92 Å². The molecule has 27 heavy (non-hydrogen) atoms. The summed E-state index contributed by atoms with van der Waals surface area (Å²) in [6, 6.07) is 6.16. The maximum Gasteiger partial charge on any atom is 0.279 e. The maximum atomic E-state index is 13.1. The number of hydrogen-bond acceptors (Lipinski definition) is 5. The summed E-state index contributed by atoms with van der Waals surface area (Å²) in [5.74, 6) is 0.248. The van der Waals surface area contributed by atoms with Gasteiger partial charge in [-0.2, -0.15) is 4.68 Å². The Balaban J connectivity index is 1.69. The van der Waals surface area contributed by atoms with Crippen LogP contribution in [0.1, 0.15) is 36.8 Å². The van der Waals surface area contributed by atoms with Crippen LogP contribution in [0.4, 0.5) is 5.69 Å². The fraction of sp³-hybridized carbons (Fsp3) is 0.368. The highest BCUT2D eigenvalue weighted by Gasteiger charge is 2.26. The van der Waals surface area contributed by atoms with Gasteiger partial charge in [0.05, 0.1) is 16.1 Å². The van der Waals surface area contributed by atoms with E-state index < -0.39 is 6.04 Å². The number of nitrogens with one attached hydrogen (secondary N) is 1. The number of aromatic nitrogens is 3. The molecule has 0 saturated heterocycles. The van der Waals surface area contributed by atoms with Gasteiger partial charge in [-0.3, -0.25) is 9.59 Å². The third-order valence-corrected chi connectivity index (χ3v) is 6.49. The Morgan fingerprint density at radius 3 is 2.96 bits per heavy atom. The van der Waals surface area contributed by atoms with E-state index in [9.17, 15) is 9.59 Å². The maximum absolute atomic E-state index is 13.1. The van der Waals surface area contributed by atoms with Crippen molar-refractivity contribution in [2.24, 2.45) is 5.92 Å². The van der Waals surface area contributed by atoms with Crippen LogP contribution in [0.25, 0.3) is 10.2 Å². The van der Waals surface area contributed by atoms with Gasteiger partial charge >= 0.3 is 0 Å². The number of carbonyl (C=O) groups excluding carboxylic acids is 1. The Morgan fingerprint density at radius 1 is 1.41 bits per heavy atom. The van der Waals surface area contributed by atoms with Crippen molar-refractivity contribution in [2.75, 3.05) is 5.32 Å². The molecule has 6 nitrogen and oxygen atoms in total. The largest absolute Gasteiger partial charge is 0.323 e. The summed E-state index contributed by atoms with van der Waals surface area (Å²) in [4.78, 5) is 27.6. The van der Waals surface area contributed by atoms with Crippen molar-refractivity contribution in [1.29, 1.82) is 0 Å². The van der Waals surface area contributed by atoms with E-state index in [0.717, 1.165) is 24.8 Å². The number of thiophene rings is 1. The van der Waals surface area contributed by atoms with Crippen molar-refractivity contribution in [2.45, 2.75) is 39.2 Å². The highest BCUT2D eigenvalue weighted by Crippen LogP contribution is 2.35. The lowest BCUT2D eigenvalue weighted by Gasteiger charge is -2.18. The molecule has 1 N–H and O–H groups in total. The SMILES string of the molecule is CC1CCc2c(sc3nnn(C(C)C(=O)Nc4ccccc4Cl)c(=O)c23)C1. The fourth-order valence-corrected chi connectivity index (χ4v) is 4.94. The minimum absolute atomic E-state index is 0.256. The summed E-state index contributed by atoms with van der Waals surface area (Å²) in [5, 5.41) is 12.1. The predicted molar refractivity (Wildman–Crippen MR) is 108 cm³/mol. The van der Waals surface area contributed by atoms with Gasteiger partial charge in [-0.15, -0.1) is 16.4 Å². The summed E-state index contributed by atoms with van der Waals surface area (Å²) in [6.45, 7) is 3.85. The van der Waals surface area contributed by atoms with E-state index in [0.29, 0.717) is 26.8 Å². The molecule has 4 rings (SSSR count). The Labute approximate surface area is 165 Å². The lowest BCUT2D eigenvalue weighted by Crippen LogP contribution is -2.34. The van der Waals surface area contributed by atoms with Crippen LogP contribution in [-0.4, -0.2) is 20.9 Å². The molecule has 0 spiro atoms. The van der Waals surface area contributed by atoms with Crippen LogP contribution in [0.3, 0.4) is 0 Å².